The molecule has 2 rings (SSSR count). The molecule has 1 fully saturated rings. The second-order valence-electron chi connectivity index (χ2n) is 6.13. The summed E-state index contributed by atoms with van der Waals surface area (Å²) in [5.74, 6) is 0. The van der Waals surface area contributed by atoms with Gasteiger partial charge in [-0.2, -0.15) is 5.10 Å². The molecule has 0 radical (unpaired) electrons. The predicted octanol–water partition coefficient (Wildman–Crippen LogP) is 2.10. The monoisotopic (exact) mass is 221 g/mol. The highest BCUT2D eigenvalue weighted by molar-refractivity contribution is 5.36. The van der Waals surface area contributed by atoms with Gasteiger partial charge >= 0.3 is 0 Å². The van der Waals surface area contributed by atoms with Gasteiger partial charge in [-0.1, -0.05) is 20.8 Å². The van der Waals surface area contributed by atoms with E-state index in [2.05, 4.69) is 32.1 Å². The molecule has 90 valence electrons. The zero-order valence-electron chi connectivity index (χ0n) is 10.9. The van der Waals surface area contributed by atoms with Crippen molar-refractivity contribution in [2.75, 3.05) is 6.54 Å². The molecule has 0 aromatic carbocycles. The van der Waals surface area contributed by atoms with Gasteiger partial charge in [-0.3, -0.25) is 4.68 Å². The summed E-state index contributed by atoms with van der Waals surface area (Å²) in [6.07, 6.45) is 5.85. The lowest BCUT2D eigenvalue weighted by Crippen LogP contribution is -2.20. The van der Waals surface area contributed by atoms with Crippen LogP contribution in [0.25, 0.3) is 0 Å². The molecule has 0 atom stereocenters. The number of hydrogen-bond donors (Lipinski definition) is 1. The second kappa shape index (κ2) is 3.59. The van der Waals surface area contributed by atoms with E-state index in [1.165, 1.54) is 24.1 Å². The van der Waals surface area contributed by atoms with E-state index in [0.29, 0.717) is 5.41 Å². The number of hydrogen-bond acceptors (Lipinski definition) is 2. The molecule has 0 bridgehead atoms. The first-order valence-electron chi connectivity index (χ1n) is 6.14. The van der Waals surface area contributed by atoms with Crippen LogP contribution in [0.3, 0.4) is 0 Å². The van der Waals surface area contributed by atoms with Crippen molar-refractivity contribution in [2.45, 2.75) is 50.9 Å². The average Bonchev–Trinajstić information content (AvgIpc) is 2.81. The van der Waals surface area contributed by atoms with Crippen molar-refractivity contribution >= 4 is 0 Å². The van der Waals surface area contributed by atoms with Gasteiger partial charge in [0.05, 0.1) is 5.69 Å². The highest BCUT2D eigenvalue weighted by Crippen LogP contribution is 2.52. The highest BCUT2D eigenvalue weighted by atomic mass is 15.3. The maximum Gasteiger partial charge on any atom is 0.0715 e. The fourth-order valence-corrected chi connectivity index (χ4v) is 2.51. The van der Waals surface area contributed by atoms with Crippen LogP contribution in [0.2, 0.25) is 0 Å². The molecule has 1 aromatic heterocycles. The number of nitrogens with zero attached hydrogens (tertiary/aromatic N) is 2. The number of rotatable bonds is 3. The maximum atomic E-state index is 5.73. The molecule has 3 nitrogen and oxygen atoms in total. The summed E-state index contributed by atoms with van der Waals surface area (Å²) >= 11 is 0. The van der Waals surface area contributed by atoms with Crippen molar-refractivity contribution in [1.82, 2.24) is 9.78 Å². The van der Waals surface area contributed by atoms with Gasteiger partial charge in [-0.15, -0.1) is 0 Å². The molecule has 2 N–H and O–H groups in total. The Balaban J connectivity index is 2.41. The van der Waals surface area contributed by atoms with Gasteiger partial charge in [0.1, 0.15) is 0 Å². The van der Waals surface area contributed by atoms with E-state index in [4.69, 9.17) is 5.73 Å². The minimum atomic E-state index is 0.126. The average molecular weight is 221 g/mol. The normalized spacial score (nSPS) is 18.8. The second-order valence-corrected chi connectivity index (χ2v) is 6.13. The summed E-state index contributed by atoms with van der Waals surface area (Å²) < 4.78 is 1.95. The van der Waals surface area contributed by atoms with Crippen LogP contribution in [-0.4, -0.2) is 16.3 Å². The van der Waals surface area contributed by atoms with Crippen molar-refractivity contribution in [2.24, 2.45) is 12.8 Å². The van der Waals surface area contributed by atoms with Gasteiger partial charge in [0.25, 0.3) is 0 Å². The first kappa shape index (κ1) is 11.6. The van der Waals surface area contributed by atoms with Crippen LogP contribution in [0.4, 0.5) is 0 Å². The van der Waals surface area contributed by atoms with Gasteiger partial charge in [0.2, 0.25) is 0 Å². The molecule has 0 unspecified atom stereocenters. The van der Waals surface area contributed by atoms with Crippen molar-refractivity contribution in [1.29, 1.82) is 0 Å². The number of aryl methyl sites for hydroxylation is 1. The standard InChI is InChI=1S/C13H23N3/c1-12(2,3)11-10(9-16(4)15-11)13(5-6-13)7-8-14/h9H,5-8,14H2,1-4H3. The highest BCUT2D eigenvalue weighted by Gasteiger charge is 2.47. The Morgan fingerprint density at radius 2 is 2.06 bits per heavy atom. The molecule has 1 aliphatic rings. The maximum absolute atomic E-state index is 5.73. The molecule has 1 aliphatic carbocycles. The van der Waals surface area contributed by atoms with Crippen LogP contribution in [0.5, 0.6) is 0 Å². The molecule has 0 saturated heterocycles. The quantitative estimate of drug-likeness (QED) is 0.849. The summed E-state index contributed by atoms with van der Waals surface area (Å²) in [6, 6.07) is 0. The fraction of sp³-hybridized carbons (Fsp3) is 0.769. The summed E-state index contributed by atoms with van der Waals surface area (Å²) in [4.78, 5) is 0. The Morgan fingerprint density at radius 3 is 2.50 bits per heavy atom. The first-order chi connectivity index (χ1) is 7.39. The molecule has 1 aromatic rings. The molecule has 0 spiro atoms. The summed E-state index contributed by atoms with van der Waals surface area (Å²) in [5.41, 5.74) is 8.90. The number of nitrogens with two attached hydrogens (primary N) is 1. The Bertz CT molecular complexity index is 380. The molecule has 1 heterocycles. The third-order valence-electron chi connectivity index (χ3n) is 3.59. The topological polar surface area (TPSA) is 43.8 Å². The van der Waals surface area contributed by atoms with Crippen molar-refractivity contribution in [3.05, 3.63) is 17.5 Å². The van der Waals surface area contributed by atoms with E-state index in [9.17, 15) is 0 Å². The molecule has 0 aliphatic heterocycles. The van der Waals surface area contributed by atoms with Crippen molar-refractivity contribution in [3.63, 3.8) is 0 Å². The number of aromatic nitrogens is 2. The molecular weight excluding hydrogens is 198 g/mol. The lowest BCUT2D eigenvalue weighted by atomic mass is 9.83. The van der Waals surface area contributed by atoms with Gasteiger partial charge in [0, 0.05) is 24.2 Å². The third kappa shape index (κ3) is 1.88. The Kier molecular flexibility index (Phi) is 2.61. The van der Waals surface area contributed by atoms with Crippen LogP contribution in [-0.2, 0) is 17.9 Å². The van der Waals surface area contributed by atoms with E-state index in [0.717, 1.165) is 13.0 Å². The van der Waals surface area contributed by atoms with E-state index >= 15 is 0 Å². The van der Waals surface area contributed by atoms with Crippen LogP contribution < -0.4 is 5.73 Å². The van der Waals surface area contributed by atoms with Crippen molar-refractivity contribution in [3.8, 4) is 0 Å². The summed E-state index contributed by atoms with van der Waals surface area (Å²) in [7, 11) is 2.01. The SMILES string of the molecule is Cn1cc(C2(CCN)CC2)c(C(C)(C)C)n1. The van der Waals surface area contributed by atoms with Crippen LogP contribution in [0, 0.1) is 0 Å². The van der Waals surface area contributed by atoms with Crippen LogP contribution in [0.15, 0.2) is 6.20 Å². The van der Waals surface area contributed by atoms with Gasteiger partial charge in [0.15, 0.2) is 0 Å². The fourth-order valence-electron chi connectivity index (χ4n) is 2.51. The van der Waals surface area contributed by atoms with Crippen LogP contribution >= 0.6 is 0 Å². The van der Waals surface area contributed by atoms with Gasteiger partial charge in [-0.05, 0) is 31.2 Å². The molecule has 0 amide bonds. The molecule has 1 saturated carbocycles. The van der Waals surface area contributed by atoms with Crippen LogP contribution in [0.1, 0.15) is 51.3 Å². The van der Waals surface area contributed by atoms with E-state index in [1.807, 2.05) is 11.7 Å². The van der Waals surface area contributed by atoms with Gasteiger partial charge < -0.3 is 5.73 Å². The smallest absolute Gasteiger partial charge is 0.0715 e. The Labute approximate surface area is 98.0 Å². The largest absolute Gasteiger partial charge is 0.330 e. The van der Waals surface area contributed by atoms with Crippen molar-refractivity contribution < 1.29 is 0 Å². The molecular formula is C13H23N3. The third-order valence-corrected chi connectivity index (χ3v) is 3.59. The zero-order chi connectivity index (χ0) is 12.0. The first-order valence-corrected chi connectivity index (χ1v) is 6.14. The molecule has 3 heteroatoms. The van der Waals surface area contributed by atoms with E-state index < -0.39 is 0 Å². The zero-order valence-corrected chi connectivity index (χ0v) is 10.9. The Morgan fingerprint density at radius 1 is 1.44 bits per heavy atom. The summed E-state index contributed by atoms with van der Waals surface area (Å²) in [6.45, 7) is 7.48. The lowest BCUT2D eigenvalue weighted by Gasteiger charge is -2.22. The van der Waals surface area contributed by atoms with Gasteiger partial charge in [-0.25, -0.2) is 0 Å². The summed E-state index contributed by atoms with van der Waals surface area (Å²) in [5, 5.41) is 4.65. The molecule has 16 heavy (non-hydrogen) atoms. The van der Waals surface area contributed by atoms with E-state index in [-0.39, 0.29) is 5.41 Å². The minimum Gasteiger partial charge on any atom is -0.330 e. The lowest BCUT2D eigenvalue weighted by molar-refractivity contribution is 0.530. The van der Waals surface area contributed by atoms with E-state index in [1.54, 1.807) is 0 Å². The minimum absolute atomic E-state index is 0.126. The predicted molar refractivity (Wildman–Crippen MR) is 66.5 cm³/mol. The Hall–Kier alpha value is -0.830.